The van der Waals surface area contributed by atoms with Crippen LogP contribution in [0, 0.1) is 5.82 Å². The molecule has 29 heavy (non-hydrogen) atoms. The molecule has 1 unspecified atom stereocenters. The zero-order valence-corrected chi connectivity index (χ0v) is 17.1. The van der Waals surface area contributed by atoms with Gasteiger partial charge in [0.25, 0.3) is 0 Å². The Balaban J connectivity index is 1.45. The van der Waals surface area contributed by atoms with Gasteiger partial charge in [0.1, 0.15) is 23.4 Å². The van der Waals surface area contributed by atoms with Crippen LogP contribution < -0.4 is 15.8 Å². The number of rotatable bonds is 8. The molecule has 0 saturated heterocycles. The van der Waals surface area contributed by atoms with Crippen LogP contribution in [0.4, 0.5) is 10.1 Å². The van der Waals surface area contributed by atoms with E-state index in [-0.39, 0.29) is 24.9 Å². The fourth-order valence-electron chi connectivity index (χ4n) is 2.44. The lowest BCUT2D eigenvalue weighted by Crippen LogP contribution is -2.39. The van der Waals surface area contributed by atoms with Crippen LogP contribution in [0.2, 0.25) is 0 Å². The predicted molar refractivity (Wildman–Crippen MR) is 113 cm³/mol. The Morgan fingerprint density at radius 1 is 0.966 bits per heavy atom. The van der Waals surface area contributed by atoms with E-state index in [0.29, 0.717) is 17.2 Å². The first-order chi connectivity index (χ1) is 14.0. The molecule has 1 atom stereocenters. The van der Waals surface area contributed by atoms with E-state index < -0.39 is 6.04 Å². The molecule has 3 rings (SSSR count). The molecule has 3 N–H and O–H groups in total. The zero-order chi connectivity index (χ0) is 20.6. The first-order valence-electron chi connectivity index (χ1n) is 8.92. The van der Waals surface area contributed by atoms with Gasteiger partial charge in [-0.25, -0.2) is 4.39 Å². The Hall–Kier alpha value is -2.74. The molecule has 3 aromatic carbocycles. The average molecular weight is 459 g/mol. The minimum Gasteiger partial charge on any atom is -0.457 e. The van der Waals surface area contributed by atoms with E-state index in [1.807, 2.05) is 24.3 Å². The number of ether oxygens (including phenoxy) is 2. The number of halogens is 2. The smallest absolute Gasteiger partial charge is 0.243 e. The molecule has 0 aromatic heterocycles. The molecule has 0 aliphatic heterocycles. The summed E-state index contributed by atoms with van der Waals surface area (Å²) in [6.45, 7) is 0.303. The molecule has 7 heteroatoms. The summed E-state index contributed by atoms with van der Waals surface area (Å²) in [6.07, 6.45) is 0. The maximum absolute atomic E-state index is 12.9. The average Bonchev–Trinajstić information content (AvgIpc) is 2.72. The van der Waals surface area contributed by atoms with Crippen molar-refractivity contribution in [2.24, 2.45) is 5.73 Å². The summed E-state index contributed by atoms with van der Waals surface area (Å²) >= 11 is 3.38. The monoisotopic (exact) mass is 458 g/mol. The van der Waals surface area contributed by atoms with Crippen LogP contribution in [0.5, 0.6) is 11.5 Å². The molecule has 0 aliphatic rings. The molecular weight excluding hydrogens is 439 g/mol. The van der Waals surface area contributed by atoms with E-state index in [4.69, 9.17) is 15.2 Å². The molecule has 3 aromatic rings. The fourth-order valence-corrected chi connectivity index (χ4v) is 2.70. The van der Waals surface area contributed by atoms with Crippen molar-refractivity contribution in [3.63, 3.8) is 0 Å². The van der Waals surface area contributed by atoms with Crippen molar-refractivity contribution in [3.8, 4) is 11.5 Å². The zero-order valence-electron chi connectivity index (χ0n) is 15.5. The number of carbonyl (C=O) groups is 1. The molecule has 0 bridgehead atoms. The second-order valence-corrected chi connectivity index (χ2v) is 7.23. The quantitative estimate of drug-likeness (QED) is 0.505. The van der Waals surface area contributed by atoms with E-state index >= 15 is 0 Å². The van der Waals surface area contributed by atoms with Gasteiger partial charge in [0.15, 0.2) is 0 Å². The van der Waals surface area contributed by atoms with Crippen LogP contribution in [-0.2, 0) is 16.1 Å². The predicted octanol–water partition coefficient (Wildman–Crippen LogP) is 4.86. The minimum absolute atomic E-state index is 0.0496. The lowest BCUT2D eigenvalue weighted by Gasteiger charge is -2.13. The number of nitrogens with one attached hydrogen (secondary N) is 1. The summed E-state index contributed by atoms with van der Waals surface area (Å²) in [5.41, 5.74) is 7.28. The van der Waals surface area contributed by atoms with E-state index in [1.54, 1.807) is 36.4 Å². The van der Waals surface area contributed by atoms with Crippen LogP contribution >= 0.6 is 15.9 Å². The Kier molecular flexibility index (Phi) is 7.35. The molecule has 0 saturated carbocycles. The Morgan fingerprint density at radius 2 is 1.55 bits per heavy atom. The molecule has 0 fully saturated rings. The number of benzene rings is 3. The third kappa shape index (κ3) is 6.67. The van der Waals surface area contributed by atoms with E-state index in [1.165, 1.54) is 12.1 Å². The van der Waals surface area contributed by atoms with Gasteiger partial charge in [0, 0.05) is 10.2 Å². The van der Waals surface area contributed by atoms with Gasteiger partial charge in [-0.1, -0.05) is 28.1 Å². The third-order valence-electron chi connectivity index (χ3n) is 3.99. The van der Waals surface area contributed by atoms with Gasteiger partial charge in [-0.15, -0.1) is 0 Å². The van der Waals surface area contributed by atoms with Crippen LogP contribution in [0.1, 0.15) is 5.56 Å². The van der Waals surface area contributed by atoms with E-state index in [0.717, 1.165) is 10.0 Å². The van der Waals surface area contributed by atoms with Crippen molar-refractivity contribution in [2.75, 3.05) is 11.9 Å². The van der Waals surface area contributed by atoms with Crippen LogP contribution in [0.25, 0.3) is 0 Å². The van der Waals surface area contributed by atoms with Gasteiger partial charge >= 0.3 is 0 Å². The third-order valence-corrected chi connectivity index (χ3v) is 4.52. The number of amides is 1. The standard InChI is InChI=1S/C22H20BrFN2O3/c23-16-3-9-19(10-4-16)29-20-11-7-18(8-12-20)26-22(27)21(25)14-28-13-15-1-5-17(24)6-2-15/h1-12,21H,13-14,25H2,(H,26,27). The molecule has 150 valence electrons. The van der Waals surface area contributed by atoms with Gasteiger partial charge in [0.2, 0.25) is 5.91 Å². The fraction of sp³-hybridized carbons (Fsp3) is 0.136. The van der Waals surface area contributed by atoms with Gasteiger partial charge in [-0.3, -0.25) is 4.79 Å². The molecule has 0 radical (unpaired) electrons. The summed E-state index contributed by atoms with van der Waals surface area (Å²) in [7, 11) is 0. The molecule has 5 nitrogen and oxygen atoms in total. The molecule has 0 heterocycles. The molecule has 0 aliphatic carbocycles. The normalized spacial score (nSPS) is 11.7. The van der Waals surface area contributed by atoms with Gasteiger partial charge < -0.3 is 20.5 Å². The van der Waals surface area contributed by atoms with Crippen molar-refractivity contribution in [3.05, 3.63) is 88.6 Å². The Labute approximate surface area is 176 Å². The van der Waals surface area contributed by atoms with Gasteiger partial charge in [0.05, 0.1) is 13.2 Å². The Morgan fingerprint density at radius 3 is 2.17 bits per heavy atom. The maximum Gasteiger partial charge on any atom is 0.243 e. The molecule has 0 spiro atoms. The summed E-state index contributed by atoms with van der Waals surface area (Å²) < 4.78 is 25.0. The van der Waals surface area contributed by atoms with Crippen LogP contribution in [-0.4, -0.2) is 18.6 Å². The number of hydrogen-bond donors (Lipinski definition) is 2. The SMILES string of the molecule is NC(COCc1ccc(F)cc1)C(=O)Nc1ccc(Oc2ccc(Br)cc2)cc1. The topological polar surface area (TPSA) is 73.6 Å². The summed E-state index contributed by atoms with van der Waals surface area (Å²) in [5.74, 6) is 0.700. The first-order valence-corrected chi connectivity index (χ1v) is 9.71. The van der Waals surface area contributed by atoms with Gasteiger partial charge in [-0.2, -0.15) is 0 Å². The van der Waals surface area contributed by atoms with Crippen molar-refractivity contribution in [1.82, 2.24) is 0 Å². The largest absolute Gasteiger partial charge is 0.457 e. The lowest BCUT2D eigenvalue weighted by atomic mass is 10.2. The summed E-state index contributed by atoms with van der Waals surface area (Å²) in [5, 5.41) is 2.74. The summed E-state index contributed by atoms with van der Waals surface area (Å²) in [4.78, 5) is 12.2. The second kappa shape index (κ2) is 10.2. The number of carbonyl (C=O) groups excluding carboxylic acids is 1. The summed E-state index contributed by atoms with van der Waals surface area (Å²) in [6, 6.07) is 19.6. The highest BCUT2D eigenvalue weighted by atomic mass is 79.9. The van der Waals surface area contributed by atoms with Crippen molar-refractivity contribution >= 4 is 27.5 Å². The Bertz CT molecular complexity index is 932. The van der Waals surface area contributed by atoms with Crippen LogP contribution in [0.3, 0.4) is 0 Å². The highest BCUT2D eigenvalue weighted by Crippen LogP contribution is 2.24. The van der Waals surface area contributed by atoms with E-state index in [9.17, 15) is 9.18 Å². The van der Waals surface area contributed by atoms with Gasteiger partial charge in [-0.05, 0) is 66.2 Å². The highest BCUT2D eigenvalue weighted by molar-refractivity contribution is 9.10. The van der Waals surface area contributed by atoms with Crippen molar-refractivity contribution in [2.45, 2.75) is 12.6 Å². The highest BCUT2D eigenvalue weighted by Gasteiger charge is 2.14. The first kappa shape index (κ1) is 21.0. The lowest BCUT2D eigenvalue weighted by molar-refractivity contribution is -0.118. The number of nitrogens with two attached hydrogens (primary N) is 1. The molecule has 1 amide bonds. The number of anilines is 1. The maximum atomic E-state index is 12.9. The van der Waals surface area contributed by atoms with Crippen molar-refractivity contribution in [1.29, 1.82) is 0 Å². The molecular formula is C22H20BrFN2O3. The van der Waals surface area contributed by atoms with E-state index in [2.05, 4.69) is 21.2 Å². The van der Waals surface area contributed by atoms with Crippen molar-refractivity contribution < 1.29 is 18.7 Å². The minimum atomic E-state index is -0.825. The second-order valence-electron chi connectivity index (χ2n) is 6.32. The van der Waals surface area contributed by atoms with Crippen LogP contribution in [0.15, 0.2) is 77.3 Å². The number of hydrogen-bond acceptors (Lipinski definition) is 4.